The number of hydrogen-bond acceptors (Lipinski definition) is 4. The molecule has 0 saturated carbocycles. The van der Waals surface area contributed by atoms with E-state index in [0.717, 1.165) is 0 Å². The molecule has 0 aromatic heterocycles. The Kier molecular flexibility index (Phi) is 7.35. The first-order valence-corrected chi connectivity index (χ1v) is 12.0. The fourth-order valence-electron chi connectivity index (χ4n) is 3.50. The lowest BCUT2D eigenvalue weighted by Gasteiger charge is -2.31. The van der Waals surface area contributed by atoms with Crippen LogP contribution in [0.2, 0.25) is 5.02 Å². The summed E-state index contributed by atoms with van der Waals surface area (Å²) in [5.74, 6) is -1.10. The van der Waals surface area contributed by atoms with Gasteiger partial charge < -0.3 is 10.6 Å². The van der Waals surface area contributed by atoms with E-state index >= 15 is 0 Å². The Morgan fingerprint density at radius 3 is 2.45 bits per heavy atom. The monoisotopic (exact) mass is 463 g/mol. The van der Waals surface area contributed by atoms with Gasteiger partial charge in [0.1, 0.15) is 0 Å². The Morgan fingerprint density at radius 1 is 1.10 bits per heavy atom. The zero-order chi connectivity index (χ0) is 22.6. The topological polar surface area (TPSA) is 95.6 Å². The van der Waals surface area contributed by atoms with Gasteiger partial charge in [-0.3, -0.25) is 9.59 Å². The summed E-state index contributed by atoms with van der Waals surface area (Å²) >= 11 is 5.86. The molecule has 3 rings (SSSR count). The summed E-state index contributed by atoms with van der Waals surface area (Å²) in [5, 5.41) is 6.08. The zero-order valence-electron chi connectivity index (χ0n) is 17.5. The molecule has 9 heteroatoms. The predicted molar refractivity (Wildman–Crippen MR) is 121 cm³/mol. The maximum atomic E-state index is 13.0. The number of rotatable bonds is 6. The molecule has 1 atom stereocenters. The standard InChI is InChI=1S/C22H26ClN3O4S/c1-15(2)24-22(28)19-7-3-4-8-20(19)25-21(27)16-6-5-13-26(14-16)31(29,30)18-11-9-17(23)10-12-18/h3-4,7-12,15-16H,5-6,13-14H2,1-2H3,(H,24,28)(H,25,27)/t16-/m1/s1. The van der Waals surface area contributed by atoms with Gasteiger partial charge in [-0.05, 0) is 63.1 Å². The lowest BCUT2D eigenvalue weighted by molar-refractivity contribution is -0.120. The first-order chi connectivity index (χ1) is 14.7. The second-order valence-electron chi connectivity index (χ2n) is 7.82. The third-order valence-electron chi connectivity index (χ3n) is 5.06. The van der Waals surface area contributed by atoms with Crippen molar-refractivity contribution >= 4 is 39.1 Å². The van der Waals surface area contributed by atoms with E-state index in [2.05, 4.69) is 10.6 Å². The van der Waals surface area contributed by atoms with E-state index < -0.39 is 15.9 Å². The van der Waals surface area contributed by atoms with Crippen LogP contribution in [0.15, 0.2) is 53.4 Å². The first-order valence-electron chi connectivity index (χ1n) is 10.1. The molecule has 1 aliphatic heterocycles. The normalized spacial score (nSPS) is 17.4. The molecule has 1 saturated heterocycles. The molecular formula is C22H26ClN3O4S. The number of hydrogen-bond donors (Lipinski definition) is 2. The summed E-state index contributed by atoms with van der Waals surface area (Å²) < 4.78 is 27.3. The Balaban J connectivity index is 1.74. The van der Waals surface area contributed by atoms with Crippen molar-refractivity contribution in [3.05, 3.63) is 59.1 Å². The average molecular weight is 464 g/mol. The number of sulfonamides is 1. The van der Waals surface area contributed by atoms with Crippen LogP contribution >= 0.6 is 11.6 Å². The quantitative estimate of drug-likeness (QED) is 0.685. The van der Waals surface area contributed by atoms with Crippen molar-refractivity contribution < 1.29 is 18.0 Å². The Bertz CT molecular complexity index is 1050. The van der Waals surface area contributed by atoms with Crippen LogP contribution in [0.5, 0.6) is 0 Å². The summed E-state index contributed by atoms with van der Waals surface area (Å²) in [6.07, 6.45) is 1.14. The number of piperidine rings is 1. The molecule has 0 bridgehead atoms. The number of halogens is 1. The van der Waals surface area contributed by atoms with Crippen LogP contribution in [0.25, 0.3) is 0 Å². The van der Waals surface area contributed by atoms with Gasteiger partial charge in [-0.15, -0.1) is 0 Å². The van der Waals surface area contributed by atoms with Gasteiger partial charge in [-0.1, -0.05) is 23.7 Å². The van der Waals surface area contributed by atoms with Crippen LogP contribution in [-0.4, -0.2) is 43.7 Å². The van der Waals surface area contributed by atoms with Crippen LogP contribution in [0, 0.1) is 5.92 Å². The highest BCUT2D eigenvalue weighted by molar-refractivity contribution is 7.89. The second-order valence-corrected chi connectivity index (χ2v) is 10.2. The largest absolute Gasteiger partial charge is 0.350 e. The number of nitrogens with one attached hydrogen (secondary N) is 2. The fourth-order valence-corrected chi connectivity index (χ4v) is 5.15. The van der Waals surface area contributed by atoms with Crippen molar-refractivity contribution in [2.45, 2.75) is 37.6 Å². The smallest absolute Gasteiger partial charge is 0.253 e. The number of benzene rings is 2. The molecular weight excluding hydrogens is 438 g/mol. The molecule has 2 aromatic carbocycles. The van der Waals surface area contributed by atoms with Gasteiger partial charge in [-0.25, -0.2) is 8.42 Å². The van der Waals surface area contributed by atoms with Gasteiger partial charge in [-0.2, -0.15) is 4.31 Å². The van der Waals surface area contributed by atoms with E-state index in [0.29, 0.717) is 35.7 Å². The molecule has 1 heterocycles. The van der Waals surface area contributed by atoms with Crippen molar-refractivity contribution in [2.75, 3.05) is 18.4 Å². The van der Waals surface area contributed by atoms with Gasteiger partial charge in [0.2, 0.25) is 15.9 Å². The minimum Gasteiger partial charge on any atom is -0.350 e. The maximum absolute atomic E-state index is 13.0. The number of carbonyl (C=O) groups is 2. The highest BCUT2D eigenvalue weighted by Crippen LogP contribution is 2.26. The molecule has 0 radical (unpaired) electrons. The molecule has 31 heavy (non-hydrogen) atoms. The van der Waals surface area contributed by atoms with E-state index in [1.807, 2.05) is 13.8 Å². The highest BCUT2D eigenvalue weighted by Gasteiger charge is 2.33. The second kappa shape index (κ2) is 9.80. The molecule has 2 aromatic rings. The number of amides is 2. The molecule has 2 amide bonds. The highest BCUT2D eigenvalue weighted by atomic mass is 35.5. The SMILES string of the molecule is CC(C)NC(=O)c1ccccc1NC(=O)[C@@H]1CCCN(S(=O)(=O)c2ccc(Cl)cc2)C1. The molecule has 1 fully saturated rings. The Labute approximate surface area is 187 Å². The lowest BCUT2D eigenvalue weighted by atomic mass is 9.98. The van der Waals surface area contributed by atoms with E-state index in [1.54, 1.807) is 24.3 Å². The summed E-state index contributed by atoms with van der Waals surface area (Å²) in [7, 11) is -3.72. The van der Waals surface area contributed by atoms with Crippen LogP contribution in [0.4, 0.5) is 5.69 Å². The summed E-state index contributed by atoms with van der Waals surface area (Å²) in [5.41, 5.74) is 0.773. The van der Waals surface area contributed by atoms with Crippen molar-refractivity contribution in [2.24, 2.45) is 5.92 Å². The Morgan fingerprint density at radius 2 is 1.77 bits per heavy atom. The van der Waals surface area contributed by atoms with Gasteiger partial charge in [0.25, 0.3) is 5.91 Å². The average Bonchev–Trinajstić information content (AvgIpc) is 2.74. The molecule has 166 valence electrons. The molecule has 2 N–H and O–H groups in total. The van der Waals surface area contributed by atoms with Crippen molar-refractivity contribution in [3.8, 4) is 0 Å². The molecule has 0 spiro atoms. The molecule has 0 unspecified atom stereocenters. The summed E-state index contributed by atoms with van der Waals surface area (Å²) in [6, 6.07) is 12.7. The number of para-hydroxylation sites is 1. The maximum Gasteiger partial charge on any atom is 0.253 e. The van der Waals surface area contributed by atoms with E-state index in [-0.39, 0.29) is 29.3 Å². The number of carbonyl (C=O) groups excluding carboxylic acids is 2. The van der Waals surface area contributed by atoms with Gasteiger partial charge in [0.05, 0.1) is 22.1 Å². The van der Waals surface area contributed by atoms with Crippen molar-refractivity contribution in [3.63, 3.8) is 0 Å². The minimum atomic E-state index is -3.72. The van der Waals surface area contributed by atoms with Gasteiger partial charge in [0, 0.05) is 24.2 Å². The minimum absolute atomic E-state index is 0.0405. The van der Waals surface area contributed by atoms with Gasteiger partial charge >= 0.3 is 0 Å². The number of nitrogens with zero attached hydrogens (tertiary/aromatic N) is 1. The first kappa shape index (κ1) is 23.2. The predicted octanol–water partition coefficient (Wildman–Crippen LogP) is 3.52. The van der Waals surface area contributed by atoms with E-state index in [4.69, 9.17) is 11.6 Å². The summed E-state index contributed by atoms with van der Waals surface area (Å²) in [4.78, 5) is 25.5. The van der Waals surface area contributed by atoms with Crippen LogP contribution < -0.4 is 10.6 Å². The van der Waals surface area contributed by atoms with E-state index in [9.17, 15) is 18.0 Å². The Hall–Kier alpha value is -2.42. The van der Waals surface area contributed by atoms with Crippen LogP contribution in [-0.2, 0) is 14.8 Å². The molecule has 0 aliphatic carbocycles. The zero-order valence-corrected chi connectivity index (χ0v) is 19.0. The van der Waals surface area contributed by atoms with Gasteiger partial charge in [0.15, 0.2) is 0 Å². The van der Waals surface area contributed by atoms with Crippen molar-refractivity contribution in [1.29, 1.82) is 0 Å². The van der Waals surface area contributed by atoms with Crippen LogP contribution in [0.1, 0.15) is 37.0 Å². The molecule has 7 nitrogen and oxygen atoms in total. The lowest BCUT2D eigenvalue weighted by Crippen LogP contribution is -2.43. The van der Waals surface area contributed by atoms with Crippen molar-refractivity contribution in [1.82, 2.24) is 9.62 Å². The fraction of sp³-hybridized carbons (Fsp3) is 0.364. The number of anilines is 1. The van der Waals surface area contributed by atoms with Crippen LogP contribution in [0.3, 0.4) is 0 Å². The third kappa shape index (κ3) is 5.64. The summed E-state index contributed by atoms with van der Waals surface area (Å²) in [6.45, 7) is 4.15. The van der Waals surface area contributed by atoms with E-state index in [1.165, 1.54) is 28.6 Å². The third-order valence-corrected chi connectivity index (χ3v) is 7.19. The molecule has 1 aliphatic rings.